The molecule has 4 aromatic rings. The zero-order chi connectivity index (χ0) is 32.3. The molecule has 2 aromatic carbocycles. The molecule has 0 unspecified atom stereocenters. The van der Waals surface area contributed by atoms with E-state index in [1.807, 2.05) is 0 Å². The van der Waals surface area contributed by atoms with Gasteiger partial charge in [0.05, 0.1) is 27.8 Å². The molecule has 2 aromatic heterocycles. The molecule has 1 saturated heterocycles. The van der Waals surface area contributed by atoms with Gasteiger partial charge < -0.3 is 5.32 Å². The summed E-state index contributed by atoms with van der Waals surface area (Å²) in [4.78, 5) is 58.2. The van der Waals surface area contributed by atoms with Gasteiger partial charge in [0.25, 0.3) is 0 Å². The number of halogens is 6. The minimum atomic E-state index is -4.73. The number of aromatic nitrogens is 2. The minimum Gasteiger partial charge on any atom is -0.325 e. The van der Waals surface area contributed by atoms with Gasteiger partial charge in [0, 0.05) is 28.9 Å². The second-order valence-electron chi connectivity index (χ2n) is 10.1. The smallest absolute Gasteiger partial charge is 0.325 e. The van der Waals surface area contributed by atoms with E-state index in [0.717, 1.165) is 58.0 Å². The van der Waals surface area contributed by atoms with Crippen molar-refractivity contribution in [2.24, 2.45) is 5.92 Å². The summed E-state index contributed by atoms with van der Waals surface area (Å²) < 4.78 is 80.8. The summed E-state index contributed by atoms with van der Waals surface area (Å²) in [6, 6.07) is 11.0. The Labute approximate surface area is 257 Å². The number of pyridine rings is 1. The van der Waals surface area contributed by atoms with Crippen LogP contribution in [-0.4, -0.2) is 32.5 Å². The van der Waals surface area contributed by atoms with Crippen LogP contribution in [0.2, 0.25) is 0 Å². The van der Waals surface area contributed by atoms with Gasteiger partial charge in [-0.1, -0.05) is 41.3 Å². The van der Waals surface area contributed by atoms with E-state index in [1.54, 1.807) is 12.1 Å². The van der Waals surface area contributed by atoms with Crippen molar-refractivity contribution >= 4 is 52.2 Å². The van der Waals surface area contributed by atoms with Crippen LogP contribution in [0, 0.1) is 5.92 Å². The number of carbonyl (C=O) groups is 3. The molecule has 16 heteroatoms. The number of fused-ring (bicyclic) bond motifs is 2. The van der Waals surface area contributed by atoms with Gasteiger partial charge in [-0.05, 0) is 48.0 Å². The average Bonchev–Trinajstić information content (AvgIpc) is 3.43. The Kier molecular flexibility index (Phi) is 7.59. The molecular weight excluding hydrogens is 646 g/mol. The summed E-state index contributed by atoms with van der Waals surface area (Å²) in [5, 5.41) is 1.36. The van der Waals surface area contributed by atoms with Gasteiger partial charge in [0.15, 0.2) is 0 Å². The van der Waals surface area contributed by atoms with Crippen LogP contribution in [-0.2, 0) is 33.3 Å². The number of thioether (sulfide) groups is 1. The lowest BCUT2D eigenvalue weighted by atomic mass is 9.84. The number of nitrogens with one attached hydrogen (secondary N) is 1. The zero-order valence-electron chi connectivity index (χ0n) is 22.4. The van der Waals surface area contributed by atoms with Crippen molar-refractivity contribution < 1.29 is 40.7 Å². The van der Waals surface area contributed by atoms with Gasteiger partial charge in [-0.25, -0.2) is 4.90 Å². The number of anilines is 2. The topological polar surface area (TPSA) is 101 Å². The van der Waals surface area contributed by atoms with Crippen molar-refractivity contribution in [3.63, 3.8) is 0 Å². The third-order valence-corrected chi connectivity index (χ3v) is 9.90. The first-order chi connectivity index (χ1) is 21.2. The molecule has 232 valence electrons. The van der Waals surface area contributed by atoms with Crippen molar-refractivity contribution in [1.82, 2.24) is 9.55 Å². The van der Waals surface area contributed by atoms with Gasteiger partial charge in [0.1, 0.15) is 11.8 Å². The lowest BCUT2D eigenvalue weighted by Crippen LogP contribution is -2.33. The number of nitrogens with zero attached hydrogens (tertiary/aromatic N) is 3. The highest BCUT2D eigenvalue weighted by Crippen LogP contribution is 2.54. The van der Waals surface area contributed by atoms with Crippen LogP contribution in [0.25, 0.3) is 0 Å². The first-order valence-electron chi connectivity index (χ1n) is 13.1. The molecule has 2 aliphatic heterocycles. The lowest BCUT2D eigenvalue weighted by Gasteiger charge is -2.30. The quantitative estimate of drug-likeness (QED) is 0.215. The number of hydrogen-bond donors (Lipinski definition) is 1. The Morgan fingerprint density at radius 2 is 1.58 bits per heavy atom. The fourth-order valence-electron chi connectivity index (χ4n) is 5.37. The number of hydrogen-bond acceptors (Lipinski definition) is 7. The summed E-state index contributed by atoms with van der Waals surface area (Å²) in [5.41, 5.74) is -1.99. The number of amides is 3. The number of thiazole rings is 1. The Morgan fingerprint density at radius 3 is 2.24 bits per heavy atom. The monoisotopic (exact) mass is 664 g/mol. The first kappa shape index (κ1) is 30.6. The van der Waals surface area contributed by atoms with Crippen molar-refractivity contribution in [3.8, 4) is 0 Å². The van der Waals surface area contributed by atoms with E-state index in [9.17, 15) is 45.5 Å². The van der Waals surface area contributed by atoms with Crippen LogP contribution >= 0.6 is 23.1 Å². The summed E-state index contributed by atoms with van der Waals surface area (Å²) in [6.45, 7) is -0.620. The van der Waals surface area contributed by atoms with E-state index in [2.05, 4.69) is 10.3 Å². The standard InChI is InChI=1S/C29H18F6N4O4S2/c30-28(31,32)15-5-1-7-17(10-15)37-19(40)13-38-26-23(45-27(38)43)20(14-4-3-9-36-12-14)21-22(44-26)25(42)39(24(21)41)18-8-2-6-16(11-18)29(33,34)35/h1-12,20-22H,13H2,(H,37,40)/t20-,21+,22-/m0/s1. The van der Waals surface area contributed by atoms with Crippen molar-refractivity contribution in [3.05, 3.63) is 104 Å². The minimum absolute atomic E-state index is 0.152. The number of imide groups is 1. The average molecular weight is 665 g/mol. The van der Waals surface area contributed by atoms with E-state index in [1.165, 1.54) is 24.5 Å². The number of alkyl halides is 6. The molecule has 45 heavy (non-hydrogen) atoms. The second-order valence-corrected chi connectivity index (χ2v) is 12.3. The second kappa shape index (κ2) is 11.2. The molecule has 2 aliphatic rings. The van der Waals surface area contributed by atoms with E-state index in [-0.39, 0.29) is 16.4 Å². The predicted octanol–water partition coefficient (Wildman–Crippen LogP) is 5.78. The molecule has 0 saturated carbocycles. The Bertz CT molecular complexity index is 1890. The molecule has 0 bridgehead atoms. The Morgan fingerprint density at radius 1 is 0.889 bits per heavy atom. The van der Waals surface area contributed by atoms with E-state index in [4.69, 9.17) is 0 Å². The molecule has 0 radical (unpaired) electrons. The molecule has 3 amide bonds. The molecule has 0 aliphatic carbocycles. The molecular formula is C29H18F6N4O4S2. The van der Waals surface area contributed by atoms with Crippen LogP contribution in [0.4, 0.5) is 37.7 Å². The normalized spacial score (nSPS) is 19.8. The number of carbonyl (C=O) groups excluding carboxylic acids is 3. The predicted molar refractivity (Wildman–Crippen MR) is 152 cm³/mol. The van der Waals surface area contributed by atoms with Crippen molar-refractivity contribution in [2.75, 3.05) is 10.2 Å². The third kappa shape index (κ3) is 5.63. The van der Waals surface area contributed by atoms with Gasteiger partial charge in [-0.15, -0.1) is 0 Å². The molecule has 0 spiro atoms. The maximum Gasteiger partial charge on any atom is 0.416 e. The lowest BCUT2D eigenvalue weighted by molar-refractivity contribution is -0.138. The molecule has 8 nitrogen and oxygen atoms in total. The maximum atomic E-state index is 13.8. The maximum absolute atomic E-state index is 13.8. The third-order valence-electron chi connectivity index (χ3n) is 7.30. The van der Waals surface area contributed by atoms with Gasteiger partial charge >= 0.3 is 17.2 Å². The Balaban J connectivity index is 1.37. The first-order valence-corrected chi connectivity index (χ1v) is 14.8. The fourth-order valence-corrected chi connectivity index (χ4v) is 8.14. The molecule has 1 fully saturated rings. The highest BCUT2D eigenvalue weighted by atomic mass is 32.2. The Hall–Kier alpha value is -4.44. The SMILES string of the molecule is O=C(Cn1c2c(sc1=O)[C@@H](c1cccnc1)[C@H]1C(=O)N(c3cccc(C(F)(F)F)c3)C(=O)[C@H]1S2)Nc1cccc(C(F)(F)F)c1. The van der Waals surface area contributed by atoms with E-state index < -0.39 is 69.7 Å². The van der Waals surface area contributed by atoms with Crippen LogP contribution in [0.15, 0.2) is 82.9 Å². The summed E-state index contributed by atoms with van der Waals surface area (Å²) in [6.07, 6.45) is -6.45. The van der Waals surface area contributed by atoms with Gasteiger partial charge in [-0.2, -0.15) is 26.3 Å². The van der Waals surface area contributed by atoms with Gasteiger partial charge in [0.2, 0.25) is 17.7 Å². The van der Waals surface area contributed by atoms with Crippen LogP contribution in [0.5, 0.6) is 0 Å². The van der Waals surface area contributed by atoms with E-state index >= 15 is 0 Å². The van der Waals surface area contributed by atoms with Crippen molar-refractivity contribution in [1.29, 1.82) is 0 Å². The number of rotatable bonds is 5. The van der Waals surface area contributed by atoms with Gasteiger partial charge in [-0.3, -0.25) is 28.7 Å². The highest BCUT2D eigenvalue weighted by molar-refractivity contribution is 8.00. The summed E-state index contributed by atoms with van der Waals surface area (Å²) in [5.74, 6) is -4.40. The molecule has 4 heterocycles. The summed E-state index contributed by atoms with van der Waals surface area (Å²) in [7, 11) is 0. The largest absolute Gasteiger partial charge is 0.416 e. The van der Waals surface area contributed by atoms with Crippen LogP contribution in [0.1, 0.15) is 27.5 Å². The van der Waals surface area contributed by atoms with Crippen molar-refractivity contribution in [2.45, 2.75) is 35.1 Å². The number of benzene rings is 2. The summed E-state index contributed by atoms with van der Waals surface area (Å²) >= 11 is 1.57. The highest BCUT2D eigenvalue weighted by Gasteiger charge is 2.57. The molecule has 1 N–H and O–H groups in total. The van der Waals surface area contributed by atoms with E-state index in [0.29, 0.717) is 21.4 Å². The fraction of sp³-hybridized carbons (Fsp3) is 0.207. The van der Waals surface area contributed by atoms with Crippen LogP contribution < -0.4 is 15.1 Å². The van der Waals surface area contributed by atoms with Crippen LogP contribution in [0.3, 0.4) is 0 Å². The molecule has 3 atom stereocenters. The zero-order valence-corrected chi connectivity index (χ0v) is 24.1. The molecule has 6 rings (SSSR count).